The van der Waals surface area contributed by atoms with Gasteiger partial charge in [-0.05, 0) is 31.0 Å². The quantitative estimate of drug-likeness (QED) is 0.574. The van der Waals surface area contributed by atoms with Gasteiger partial charge in [0, 0.05) is 0 Å². The molecule has 0 aromatic heterocycles. The average molecular weight is 210 g/mol. The Hall–Kier alpha value is -1.13. The molecule has 0 aliphatic carbocycles. The first kappa shape index (κ1) is 10.9. The Balaban J connectivity index is 3.53. The molecule has 1 rings (SSSR count). The molecule has 0 saturated heterocycles. The highest BCUT2D eigenvalue weighted by atomic mass is 19.4. The van der Waals surface area contributed by atoms with Gasteiger partial charge in [0.1, 0.15) is 17.2 Å². The molecule has 0 unspecified atom stereocenters. The van der Waals surface area contributed by atoms with E-state index in [1.165, 1.54) is 13.8 Å². The van der Waals surface area contributed by atoms with E-state index in [-0.39, 0.29) is 11.1 Å². The van der Waals surface area contributed by atoms with Gasteiger partial charge in [-0.2, -0.15) is 13.2 Å². The number of alkyl halides is 3. The molecule has 14 heavy (non-hydrogen) atoms. The molecule has 0 nitrogen and oxygen atoms in total. The van der Waals surface area contributed by atoms with E-state index in [2.05, 4.69) is 0 Å². The molecule has 0 spiro atoms. The van der Waals surface area contributed by atoms with Gasteiger partial charge in [0.15, 0.2) is 0 Å². The zero-order valence-corrected chi connectivity index (χ0v) is 7.47. The largest absolute Gasteiger partial charge is 0.422 e. The third-order valence-corrected chi connectivity index (χ3v) is 2.01. The number of benzene rings is 1. The SMILES string of the molecule is Cc1cc(F)c(C(F)(F)F)c(F)c1C. The van der Waals surface area contributed by atoms with Crippen molar-refractivity contribution in [1.82, 2.24) is 0 Å². The molecule has 0 amide bonds. The van der Waals surface area contributed by atoms with Crippen molar-refractivity contribution in [2.45, 2.75) is 20.0 Å². The molecule has 0 radical (unpaired) electrons. The fraction of sp³-hybridized carbons (Fsp3) is 0.333. The lowest BCUT2D eigenvalue weighted by Crippen LogP contribution is -2.13. The van der Waals surface area contributed by atoms with Crippen LogP contribution in [0.4, 0.5) is 22.0 Å². The number of aryl methyl sites for hydroxylation is 1. The Morgan fingerprint density at radius 1 is 1.07 bits per heavy atom. The Bertz CT molecular complexity index is 364. The van der Waals surface area contributed by atoms with Crippen LogP contribution in [-0.2, 0) is 6.18 Å². The zero-order chi connectivity index (χ0) is 11.1. The molecule has 0 aliphatic heterocycles. The van der Waals surface area contributed by atoms with Gasteiger partial charge in [0.25, 0.3) is 0 Å². The van der Waals surface area contributed by atoms with Crippen LogP contribution in [0.15, 0.2) is 6.07 Å². The van der Waals surface area contributed by atoms with Gasteiger partial charge in [-0.3, -0.25) is 0 Å². The maximum absolute atomic E-state index is 13.1. The fourth-order valence-electron chi connectivity index (χ4n) is 1.10. The zero-order valence-electron chi connectivity index (χ0n) is 7.47. The monoisotopic (exact) mass is 210 g/mol. The highest BCUT2D eigenvalue weighted by Gasteiger charge is 2.38. The number of halogens is 5. The van der Waals surface area contributed by atoms with E-state index >= 15 is 0 Å². The molecule has 0 saturated carbocycles. The Morgan fingerprint density at radius 3 is 2.00 bits per heavy atom. The van der Waals surface area contributed by atoms with Crippen molar-refractivity contribution >= 4 is 0 Å². The predicted octanol–water partition coefficient (Wildman–Crippen LogP) is 3.60. The Morgan fingerprint density at radius 2 is 1.57 bits per heavy atom. The lowest BCUT2D eigenvalue weighted by atomic mass is 10.0. The summed E-state index contributed by atoms with van der Waals surface area (Å²) < 4.78 is 62.3. The van der Waals surface area contributed by atoms with Crippen molar-refractivity contribution in [3.05, 3.63) is 34.4 Å². The van der Waals surface area contributed by atoms with Crippen LogP contribution in [0, 0.1) is 25.5 Å². The number of rotatable bonds is 0. The summed E-state index contributed by atoms with van der Waals surface area (Å²) in [5.41, 5.74) is -1.84. The summed E-state index contributed by atoms with van der Waals surface area (Å²) in [6.45, 7) is 2.53. The molecule has 1 aromatic rings. The Labute approximate surface area is 77.4 Å². The van der Waals surface area contributed by atoms with Crippen LogP contribution in [-0.4, -0.2) is 0 Å². The van der Waals surface area contributed by atoms with Crippen LogP contribution < -0.4 is 0 Å². The van der Waals surface area contributed by atoms with Gasteiger partial charge < -0.3 is 0 Å². The predicted molar refractivity (Wildman–Crippen MR) is 40.8 cm³/mol. The van der Waals surface area contributed by atoms with E-state index in [1.54, 1.807) is 0 Å². The van der Waals surface area contributed by atoms with E-state index < -0.39 is 23.4 Å². The van der Waals surface area contributed by atoms with Crippen molar-refractivity contribution in [1.29, 1.82) is 0 Å². The van der Waals surface area contributed by atoms with E-state index in [0.717, 1.165) is 0 Å². The van der Waals surface area contributed by atoms with Gasteiger partial charge in [0.05, 0.1) is 0 Å². The van der Waals surface area contributed by atoms with E-state index in [9.17, 15) is 22.0 Å². The average Bonchev–Trinajstić information content (AvgIpc) is 1.97. The van der Waals surface area contributed by atoms with Gasteiger partial charge >= 0.3 is 6.18 Å². The summed E-state index contributed by atoms with van der Waals surface area (Å²) in [6.07, 6.45) is -4.99. The van der Waals surface area contributed by atoms with E-state index in [0.29, 0.717) is 6.07 Å². The van der Waals surface area contributed by atoms with Crippen LogP contribution in [0.5, 0.6) is 0 Å². The molecule has 0 N–H and O–H groups in total. The summed E-state index contributed by atoms with van der Waals surface area (Å²) in [5.74, 6) is -3.10. The van der Waals surface area contributed by atoms with Crippen molar-refractivity contribution in [3.63, 3.8) is 0 Å². The molecular formula is C9H7F5. The molecular weight excluding hydrogens is 203 g/mol. The molecule has 5 heteroatoms. The molecule has 0 bridgehead atoms. The van der Waals surface area contributed by atoms with Crippen molar-refractivity contribution in [2.24, 2.45) is 0 Å². The van der Waals surface area contributed by atoms with Crippen molar-refractivity contribution in [3.8, 4) is 0 Å². The van der Waals surface area contributed by atoms with Crippen LogP contribution in [0.3, 0.4) is 0 Å². The third kappa shape index (κ3) is 1.71. The smallest absolute Gasteiger partial charge is 0.206 e. The minimum atomic E-state index is -4.99. The normalized spacial score (nSPS) is 11.9. The third-order valence-electron chi connectivity index (χ3n) is 2.01. The maximum atomic E-state index is 13.1. The topological polar surface area (TPSA) is 0 Å². The van der Waals surface area contributed by atoms with Crippen LogP contribution in [0.1, 0.15) is 16.7 Å². The molecule has 1 aromatic carbocycles. The molecule has 0 fully saturated rings. The first-order valence-corrected chi connectivity index (χ1v) is 3.77. The minimum Gasteiger partial charge on any atom is -0.206 e. The number of hydrogen-bond acceptors (Lipinski definition) is 0. The van der Waals surface area contributed by atoms with Crippen LogP contribution in [0.2, 0.25) is 0 Å². The van der Waals surface area contributed by atoms with Gasteiger partial charge in [-0.25, -0.2) is 8.78 Å². The standard InChI is InChI=1S/C9H7F5/c1-4-3-6(10)7(9(12,13)14)8(11)5(4)2/h3H,1-2H3. The van der Waals surface area contributed by atoms with E-state index in [1.807, 2.05) is 0 Å². The second kappa shape index (κ2) is 3.22. The summed E-state index contributed by atoms with van der Waals surface area (Å²) in [6, 6.07) is 0.682. The second-order valence-corrected chi connectivity index (χ2v) is 2.99. The molecule has 0 heterocycles. The summed E-state index contributed by atoms with van der Waals surface area (Å²) >= 11 is 0. The maximum Gasteiger partial charge on any atom is 0.422 e. The highest BCUT2D eigenvalue weighted by Crippen LogP contribution is 2.35. The summed E-state index contributed by atoms with van der Waals surface area (Å²) in [4.78, 5) is 0. The van der Waals surface area contributed by atoms with Crippen molar-refractivity contribution in [2.75, 3.05) is 0 Å². The van der Waals surface area contributed by atoms with Crippen LogP contribution >= 0.6 is 0 Å². The Kier molecular flexibility index (Phi) is 2.52. The lowest BCUT2D eigenvalue weighted by molar-refractivity contribution is -0.142. The summed E-state index contributed by atoms with van der Waals surface area (Å²) in [5, 5.41) is 0. The van der Waals surface area contributed by atoms with E-state index in [4.69, 9.17) is 0 Å². The highest BCUT2D eigenvalue weighted by molar-refractivity contribution is 5.34. The first-order chi connectivity index (χ1) is 6.25. The number of hydrogen-bond donors (Lipinski definition) is 0. The second-order valence-electron chi connectivity index (χ2n) is 2.99. The lowest BCUT2D eigenvalue weighted by Gasteiger charge is -2.12. The molecule has 0 atom stereocenters. The molecule has 78 valence electrons. The van der Waals surface area contributed by atoms with Gasteiger partial charge in [-0.15, -0.1) is 0 Å². The van der Waals surface area contributed by atoms with Gasteiger partial charge in [0.2, 0.25) is 0 Å². The van der Waals surface area contributed by atoms with Crippen LogP contribution in [0.25, 0.3) is 0 Å². The first-order valence-electron chi connectivity index (χ1n) is 3.77. The minimum absolute atomic E-state index is 0.160. The van der Waals surface area contributed by atoms with Gasteiger partial charge in [-0.1, -0.05) is 0 Å². The molecule has 0 aliphatic rings. The van der Waals surface area contributed by atoms with Crippen molar-refractivity contribution < 1.29 is 22.0 Å². The fourth-order valence-corrected chi connectivity index (χ4v) is 1.10. The summed E-state index contributed by atoms with van der Waals surface area (Å²) in [7, 11) is 0.